The number of anilines is 1. The molecule has 27 heavy (non-hydrogen) atoms. The van der Waals surface area contributed by atoms with Gasteiger partial charge in [-0.05, 0) is 36.8 Å². The Hall–Kier alpha value is -2.50. The van der Waals surface area contributed by atoms with E-state index in [0.717, 1.165) is 54.9 Å². The summed E-state index contributed by atoms with van der Waals surface area (Å²) in [4.78, 5) is 15.6. The molecule has 0 amide bonds. The molecule has 2 aromatic carbocycles. The predicted octanol–water partition coefficient (Wildman–Crippen LogP) is 2.37. The van der Waals surface area contributed by atoms with Gasteiger partial charge in [0, 0.05) is 22.0 Å². The molecular formula is C21H22ClN2O3+. The quantitative estimate of drug-likeness (QED) is 0.680. The molecule has 4 rings (SSSR count). The van der Waals surface area contributed by atoms with Crippen molar-refractivity contribution in [1.29, 1.82) is 0 Å². The van der Waals surface area contributed by atoms with E-state index in [0.29, 0.717) is 16.4 Å². The Bertz CT molecular complexity index is 1040. The molecular weight excluding hydrogens is 364 g/mol. The number of para-hydroxylation sites is 2. The standard InChI is InChI=1S/C21H21ClN2O3/c1-14-10-20-16(12-17(14)22)15(11-21(26)27-20)13-23-6-8-24(9-7-23)18-4-2-3-5-19(18)25/h2-5,10-12,25H,6-9,13H2,1H3/p+1. The second-order valence-corrected chi connectivity index (χ2v) is 7.50. The van der Waals surface area contributed by atoms with Gasteiger partial charge in [0.15, 0.2) is 0 Å². The number of nitrogens with one attached hydrogen (secondary N) is 1. The van der Waals surface area contributed by atoms with Crippen LogP contribution in [0, 0.1) is 6.92 Å². The van der Waals surface area contributed by atoms with Gasteiger partial charge < -0.3 is 19.3 Å². The first-order valence-electron chi connectivity index (χ1n) is 9.10. The van der Waals surface area contributed by atoms with Crippen molar-refractivity contribution in [2.75, 3.05) is 31.1 Å². The van der Waals surface area contributed by atoms with Crippen molar-refractivity contribution >= 4 is 28.3 Å². The van der Waals surface area contributed by atoms with Gasteiger partial charge in [-0.15, -0.1) is 0 Å². The van der Waals surface area contributed by atoms with E-state index in [-0.39, 0.29) is 5.63 Å². The minimum atomic E-state index is -0.327. The fourth-order valence-corrected chi connectivity index (χ4v) is 3.90. The molecule has 1 saturated heterocycles. The number of rotatable bonds is 3. The van der Waals surface area contributed by atoms with E-state index >= 15 is 0 Å². The highest BCUT2D eigenvalue weighted by molar-refractivity contribution is 6.32. The van der Waals surface area contributed by atoms with Crippen molar-refractivity contribution in [2.24, 2.45) is 0 Å². The summed E-state index contributed by atoms with van der Waals surface area (Å²) < 4.78 is 5.36. The largest absolute Gasteiger partial charge is 0.506 e. The number of phenols is 1. The summed E-state index contributed by atoms with van der Waals surface area (Å²) in [6.45, 7) is 6.21. The van der Waals surface area contributed by atoms with Crippen molar-refractivity contribution < 1.29 is 14.4 Å². The Balaban J connectivity index is 1.53. The highest BCUT2D eigenvalue weighted by atomic mass is 35.5. The summed E-state index contributed by atoms with van der Waals surface area (Å²) >= 11 is 6.29. The second kappa shape index (κ2) is 7.25. The van der Waals surface area contributed by atoms with Gasteiger partial charge in [0.05, 0.1) is 31.9 Å². The van der Waals surface area contributed by atoms with Crippen LogP contribution in [0.15, 0.2) is 51.7 Å². The van der Waals surface area contributed by atoms with Crippen LogP contribution >= 0.6 is 11.6 Å². The maximum absolute atomic E-state index is 12.0. The molecule has 0 atom stereocenters. The summed E-state index contributed by atoms with van der Waals surface area (Å²) in [6.07, 6.45) is 0. The van der Waals surface area contributed by atoms with Crippen LogP contribution in [0.2, 0.25) is 5.02 Å². The lowest BCUT2D eigenvalue weighted by Gasteiger charge is -2.34. The molecule has 0 bridgehead atoms. The zero-order valence-corrected chi connectivity index (χ0v) is 15.9. The fourth-order valence-electron chi connectivity index (χ4n) is 3.74. The topological polar surface area (TPSA) is 58.1 Å². The molecule has 0 radical (unpaired) electrons. The van der Waals surface area contributed by atoms with Crippen LogP contribution in [0.4, 0.5) is 5.69 Å². The highest BCUT2D eigenvalue weighted by Crippen LogP contribution is 2.27. The van der Waals surface area contributed by atoms with Crippen LogP contribution in [0.1, 0.15) is 11.1 Å². The maximum atomic E-state index is 12.0. The van der Waals surface area contributed by atoms with Gasteiger partial charge in [0.2, 0.25) is 0 Å². The normalized spacial score (nSPS) is 15.4. The number of phenolic OH excluding ortho intramolecular Hbond substituents is 1. The molecule has 0 spiro atoms. The van der Waals surface area contributed by atoms with Gasteiger partial charge in [-0.3, -0.25) is 0 Å². The molecule has 3 aromatic rings. The minimum absolute atomic E-state index is 0.317. The Morgan fingerprint density at radius 1 is 1.19 bits per heavy atom. The van der Waals surface area contributed by atoms with E-state index in [9.17, 15) is 9.90 Å². The highest BCUT2D eigenvalue weighted by Gasteiger charge is 2.23. The summed E-state index contributed by atoms with van der Waals surface area (Å²) in [5.74, 6) is 0.317. The molecule has 0 saturated carbocycles. The molecule has 6 heteroatoms. The van der Waals surface area contributed by atoms with Crippen LogP contribution in [0.5, 0.6) is 5.75 Å². The first-order valence-corrected chi connectivity index (χ1v) is 9.48. The summed E-state index contributed by atoms with van der Waals surface area (Å²) in [5.41, 5.74) is 3.00. The van der Waals surface area contributed by atoms with Gasteiger partial charge in [0.25, 0.3) is 0 Å². The molecule has 1 aliphatic heterocycles. The first-order chi connectivity index (χ1) is 13.0. The van der Waals surface area contributed by atoms with Crippen LogP contribution in [-0.4, -0.2) is 31.3 Å². The van der Waals surface area contributed by atoms with E-state index in [1.165, 1.54) is 4.90 Å². The van der Waals surface area contributed by atoms with Crippen LogP contribution < -0.4 is 15.4 Å². The predicted molar refractivity (Wildman–Crippen MR) is 107 cm³/mol. The van der Waals surface area contributed by atoms with E-state index in [2.05, 4.69) is 4.90 Å². The van der Waals surface area contributed by atoms with Gasteiger partial charge in [0.1, 0.15) is 17.9 Å². The lowest BCUT2D eigenvalue weighted by atomic mass is 10.1. The molecule has 2 heterocycles. The van der Waals surface area contributed by atoms with Gasteiger partial charge in [-0.25, -0.2) is 4.79 Å². The molecule has 140 valence electrons. The molecule has 1 fully saturated rings. The number of hydrogen-bond acceptors (Lipinski definition) is 4. The average Bonchev–Trinajstić information content (AvgIpc) is 2.64. The van der Waals surface area contributed by atoms with Crippen LogP contribution in [-0.2, 0) is 6.54 Å². The van der Waals surface area contributed by atoms with Gasteiger partial charge in [-0.1, -0.05) is 23.7 Å². The number of fused-ring (bicyclic) bond motifs is 1. The zero-order chi connectivity index (χ0) is 19.0. The monoisotopic (exact) mass is 385 g/mol. The van der Waals surface area contributed by atoms with Crippen molar-refractivity contribution in [3.63, 3.8) is 0 Å². The van der Waals surface area contributed by atoms with E-state index in [1.54, 1.807) is 12.1 Å². The third kappa shape index (κ3) is 3.66. The van der Waals surface area contributed by atoms with Crippen molar-refractivity contribution in [1.82, 2.24) is 0 Å². The smallest absolute Gasteiger partial charge is 0.336 e. The van der Waals surface area contributed by atoms with Crippen LogP contribution in [0.25, 0.3) is 11.0 Å². The zero-order valence-electron chi connectivity index (χ0n) is 15.2. The molecule has 5 nitrogen and oxygen atoms in total. The lowest BCUT2D eigenvalue weighted by Crippen LogP contribution is -3.13. The number of hydrogen-bond donors (Lipinski definition) is 2. The Morgan fingerprint density at radius 3 is 2.67 bits per heavy atom. The van der Waals surface area contributed by atoms with Gasteiger partial charge >= 0.3 is 5.63 Å². The number of benzene rings is 2. The van der Waals surface area contributed by atoms with Crippen molar-refractivity contribution in [3.05, 3.63) is 69.0 Å². The van der Waals surface area contributed by atoms with Crippen molar-refractivity contribution in [2.45, 2.75) is 13.5 Å². The van der Waals surface area contributed by atoms with E-state index in [1.807, 2.05) is 37.3 Å². The minimum Gasteiger partial charge on any atom is -0.506 e. The fraction of sp³-hybridized carbons (Fsp3) is 0.286. The maximum Gasteiger partial charge on any atom is 0.336 e. The molecule has 1 aromatic heterocycles. The summed E-state index contributed by atoms with van der Waals surface area (Å²) in [7, 11) is 0. The number of nitrogens with zero attached hydrogens (tertiary/aromatic N) is 1. The Labute approximate surface area is 162 Å². The number of halogens is 1. The number of aromatic hydroxyl groups is 1. The van der Waals surface area contributed by atoms with Crippen LogP contribution in [0.3, 0.4) is 0 Å². The van der Waals surface area contributed by atoms with Gasteiger partial charge in [-0.2, -0.15) is 0 Å². The number of piperazine rings is 1. The molecule has 1 aliphatic rings. The average molecular weight is 386 g/mol. The lowest BCUT2D eigenvalue weighted by molar-refractivity contribution is -0.914. The summed E-state index contributed by atoms with van der Waals surface area (Å²) in [6, 6.07) is 12.7. The van der Waals surface area contributed by atoms with E-state index < -0.39 is 0 Å². The number of quaternary nitrogens is 1. The van der Waals surface area contributed by atoms with Crippen molar-refractivity contribution in [3.8, 4) is 5.75 Å². The Kier molecular flexibility index (Phi) is 4.81. The summed E-state index contributed by atoms with van der Waals surface area (Å²) in [5, 5.41) is 11.6. The third-order valence-electron chi connectivity index (χ3n) is 5.24. The Morgan fingerprint density at radius 2 is 1.93 bits per heavy atom. The van der Waals surface area contributed by atoms with E-state index in [4.69, 9.17) is 16.0 Å². The molecule has 0 aliphatic carbocycles. The second-order valence-electron chi connectivity index (χ2n) is 7.09. The molecule has 2 N–H and O–H groups in total. The third-order valence-corrected chi connectivity index (χ3v) is 5.65. The first kappa shape index (κ1) is 17.9. The molecule has 0 unspecified atom stereocenters. The SMILES string of the molecule is Cc1cc2oc(=O)cc(C[NH+]3CCN(c4ccccc4O)CC3)c2cc1Cl. The number of aryl methyl sites for hydroxylation is 1.